The zero-order chi connectivity index (χ0) is 15.3. The Bertz CT molecular complexity index is 437. The highest BCUT2D eigenvalue weighted by atomic mass is 16.5. The van der Waals surface area contributed by atoms with Crippen LogP contribution in [0.2, 0.25) is 0 Å². The van der Waals surface area contributed by atoms with Crippen molar-refractivity contribution in [1.82, 2.24) is 4.98 Å². The summed E-state index contributed by atoms with van der Waals surface area (Å²) in [5.74, 6) is 1.59. The Morgan fingerprint density at radius 3 is 2.57 bits per heavy atom. The van der Waals surface area contributed by atoms with Gasteiger partial charge in [0.2, 0.25) is 5.88 Å². The molecule has 1 fully saturated rings. The summed E-state index contributed by atoms with van der Waals surface area (Å²) in [7, 11) is 0. The normalized spacial score (nSPS) is 22.9. The number of nitrogens with zero attached hydrogens (tertiary/aromatic N) is 1. The first kappa shape index (κ1) is 16.1. The van der Waals surface area contributed by atoms with Gasteiger partial charge in [0.1, 0.15) is 0 Å². The molecule has 3 heteroatoms. The van der Waals surface area contributed by atoms with Gasteiger partial charge in [-0.2, -0.15) is 0 Å². The fraction of sp³-hybridized carbons (Fsp3) is 0.722. The maximum Gasteiger partial charge on any atom is 0.237 e. The molecule has 2 rings (SSSR count). The molecule has 1 heterocycles. The van der Waals surface area contributed by atoms with Crippen LogP contribution < -0.4 is 10.1 Å². The van der Waals surface area contributed by atoms with Crippen molar-refractivity contribution < 1.29 is 4.74 Å². The molecule has 1 saturated carbocycles. The molecule has 0 aromatic carbocycles. The Morgan fingerprint density at radius 1 is 1.24 bits per heavy atom. The van der Waals surface area contributed by atoms with Gasteiger partial charge in [-0.15, -0.1) is 0 Å². The fourth-order valence-electron chi connectivity index (χ4n) is 3.28. The molecule has 0 atom stereocenters. The SMILES string of the molecule is CCOc1ncccc1NC1CCC(C(C)(C)CC)CC1. The van der Waals surface area contributed by atoms with Gasteiger partial charge in [0, 0.05) is 12.2 Å². The summed E-state index contributed by atoms with van der Waals surface area (Å²) >= 11 is 0. The average molecular weight is 290 g/mol. The topological polar surface area (TPSA) is 34.1 Å². The van der Waals surface area contributed by atoms with E-state index in [-0.39, 0.29) is 0 Å². The number of anilines is 1. The second-order valence-corrected chi connectivity index (χ2v) is 6.82. The van der Waals surface area contributed by atoms with E-state index in [1.54, 1.807) is 6.20 Å². The predicted molar refractivity (Wildman–Crippen MR) is 88.8 cm³/mol. The van der Waals surface area contributed by atoms with E-state index in [9.17, 15) is 0 Å². The Balaban J connectivity index is 1.92. The van der Waals surface area contributed by atoms with Gasteiger partial charge in [0.15, 0.2) is 0 Å². The molecule has 3 nitrogen and oxygen atoms in total. The lowest BCUT2D eigenvalue weighted by molar-refractivity contribution is 0.147. The molecule has 0 amide bonds. The number of pyridine rings is 1. The third-order valence-electron chi connectivity index (χ3n) is 5.16. The zero-order valence-electron chi connectivity index (χ0n) is 14.0. The first-order valence-corrected chi connectivity index (χ1v) is 8.41. The Morgan fingerprint density at radius 2 is 1.95 bits per heavy atom. The van der Waals surface area contributed by atoms with Crippen molar-refractivity contribution in [2.45, 2.75) is 65.8 Å². The highest BCUT2D eigenvalue weighted by Crippen LogP contribution is 2.41. The molecule has 1 N–H and O–H groups in total. The van der Waals surface area contributed by atoms with Crippen LogP contribution in [0.25, 0.3) is 0 Å². The third-order valence-corrected chi connectivity index (χ3v) is 5.16. The number of aromatic nitrogens is 1. The standard InChI is InChI=1S/C18H30N2O/c1-5-18(3,4)14-9-11-15(12-10-14)20-16-8-7-13-19-17(16)21-6-2/h7-8,13-15,20H,5-6,9-12H2,1-4H3. The summed E-state index contributed by atoms with van der Waals surface area (Å²) in [5, 5.41) is 3.64. The van der Waals surface area contributed by atoms with E-state index in [1.807, 2.05) is 13.0 Å². The molecular formula is C18H30N2O. The van der Waals surface area contributed by atoms with Crippen LogP contribution in [0.4, 0.5) is 5.69 Å². The predicted octanol–water partition coefficient (Wildman–Crippen LogP) is 4.89. The lowest BCUT2D eigenvalue weighted by atomic mass is 9.69. The van der Waals surface area contributed by atoms with Crippen LogP contribution in [0.5, 0.6) is 5.88 Å². The van der Waals surface area contributed by atoms with Gasteiger partial charge in [-0.3, -0.25) is 0 Å². The average Bonchev–Trinajstić information content (AvgIpc) is 2.50. The van der Waals surface area contributed by atoms with Crippen LogP contribution in [0.1, 0.15) is 59.8 Å². The van der Waals surface area contributed by atoms with Crippen molar-refractivity contribution in [2.75, 3.05) is 11.9 Å². The van der Waals surface area contributed by atoms with Gasteiger partial charge in [-0.1, -0.05) is 27.2 Å². The molecule has 0 bridgehead atoms. The molecule has 0 spiro atoms. The van der Waals surface area contributed by atoms with Gasteiger partial charge < -0.3 is 10.1 Å². The lowest BCUT2D eigenvalue weighted by Gasteiger charge is -2.39. The number of rotatable bonds is 6. The van der Waals surface area contributed by atoms with Crippen LogP contribution in [-0.4, -0.2) is 17.6 Å². The summed E-state index contributed by atoms with van der Waals surface area (Å²) in [6.07, 6.45) is 8.19. The Labute approximate surface area is 129 Å². The molecule has 0 aliphatic heterocycles. The van der Waals surface area contributed by atoms with Crippen molar-refractivity contribution in [3.63, 3.8) is 0 Å². The van der Waals surface area contributed by atoms with E-state index in [0.717, 1.165) is 17.5 Å². The van der Waals surface area contributed by atoms with E-state index in [2.05, 4.69) is 37.1 Å². The molecule has 0 unspecified atom stereocenters. The largest absolute Gasteiger partial charge is 0.476 e. The van der Waals surface area contributed by atoms with Crippen LogP contribution in [0.15, 0.2) is 18.3 Å². The summed E-state index contributed by atoms with van der Waals surface area (Å²) in [6, 6.07) is 4.59. The minimum atomic E-state index is 0.482. The molecule has 1 aliphatic rings. The summed E-state index contributed by atoms with van der Waals surface area (Å²) < 4.78 is 5.60. The number of ether oxygens (including phenoxy) is 1. The smallest absolute Gasteiger partial charge is 0.237 e. The first-order chi connectivity index (χ1) is 10.1. The molecule has 0 radical (unpaired) electrons. The lowest BCUT2D eigenvalue weighted by Crippen LogP contribution is -2.32. The van der Waals surface area contributed by atoms with Gasteiger partial charge in [-0.25, -0.2) is 4.98 Å². The molecular weight excluding hydrogens is 260 g/mol. The van der Waals surface area contributed by atoms with Crippen LogP contribution in [0, 0.1) is 11.3 Å². The minimum Gasteiger partial charge on any atom is -0.476 e. The van der Waals surface area contributed by atoms with Gasteiger partial charge in [0.05, 0.1) is 12.3 Å². The van der Waals surface area contributed by atoms with E-state index in [4.69, 9.17) is 4.74 Å². The summed E-state index contributed by atoms with van der Waals surface area (Å²) in [5.41, 5.74) is 1.52. The Hall–Kier alpha value is -1.25. The minimum absolute atomic E-state index is 0.482. The maximum atomic E-state index is 5.60. The van der Waals surface area contributed by atoms with E-state index in [0.29, 0.717) is 18.1 Å². The highest BCUT2D eigenvalue weighted by Gasteiger charge is 2.31. The van der Waals surface area contributed by atoms with Gasteiger partial charge >= 0.3 is 0 Å². The first-order valence-electron chi connectivity index (χ1n) is 8.41. The zero-order valence-corrected chi connectivity index (χ0v) is 14.0. The maximum absolute atomic E-state index is 5.60. The second kappa shape index (κ2) is 7.15. The summed E-state index contributed by atoms with van der Waals surface area (Å²) in [6.45, 7) is 9.80. The molecule has 1 aromatic heterocycles. The van der Waals surface area contributed by atoms with Crippen molar-refractivity contribution in [3.8, 4) is 5.88 Å². The van der Waals surface area contributed by atoms with Gasteiger partial charge in [-0.05, 0) is 56.1 Å². The quantitative estimate of drug-likeness (QED) is 0.810. The highest BCUT2D eigenvalue weighted by molar-refractivity contribution is 5.52. The molecule has 118 valence electrons. The van der Waals surface area contributed by atoms with Crippen molar-refractivity contribution in [2.24, 2.45) is 11.3 Å². The van der Waals surface area contributed by atoms with Crippen LogP contribution in [-0.2, 0) is 0 Å². The molecule has 0 saturated heterocycles. The monoisotopic (exact) mass is 290 g/mol. The second-order valence-electron chi connectivity index (χ2n) is 6.82. The van der Waals surface area contributed by atoms with Crippen LogP contribution >= 0.6 is 0 Å². The molecule has 21 heavy (non-hydrogen) atoms. The molecule has 1 aromatic rings. The van der Waals surface area contributed by atoms with E-state index >= 15 is 0 Å². The molecule has 1 aliphatic carbocycles. The Kier molecular flexibility index (Phi) is 5.49. The van der Waals surface area contributed by atoms with Crippen molar-refractivity contribution >= 4 is 5.69 Å². The van der Waals surface area contributed by atoms with Crippen molar-refractivity contribution in [3.05, 3.63) is 18.3 Å². The van der Waals surface area contributed by atoms with Crippen LogP contribution in [0.3, 0.4) is 0 Å². The fourth-order valence-corrected chi connectivity index (χ4v) is 3.28. The van der Waals surface area contributed by atoms with Gasteiger partial charge in [0.25, 0.3) is 0 Å². The number of hydrogen-bond donors (Lipinski definition) is 1. The number of nitrogens with one attached hydrogen (secondary N) is 1. The summed E-state index contributed by atoms with van der Waals surface area (Å²) in [4.78, 5) is 4.32. The van der Waals surface area contributed by atoms with E-state index in [1.165, 1.54) is 32.1 Å². The van der Waals surface area contributed by atoms with E-state index < -0.39 is 0 Å². The van der Waals surface area contributed by atoms with Crippen molar-refractivity contribution in [1.29, 1.82) is 0 Å². The third kappa shape index (κ3) is 4.12. The number of hydrogen-bond acceptors (Lipinski definition) is 3.